The van der Waals surface area contributed by atoms with Gasteiger partial charge >= 0.3 is 0 Å². The van der Waals surface area contributed by atoms with Crippen molar-refractivity contribution in [2.45, 2.75) is 42.7 Å². The van der Waals surface area contributed by atoms with E-state index >= 15 is 0 Å². The minimum Gasteiger partial charge on any atom is -0.378 e. The van der Waals surface area contributed by atoms with E-state index in [1.54, 1.807) is 6.07 Å². The molecule has 7 heteroatoms. The third kappa shape index (κ3) is 4.00. The third-order valence-electron chi connectivity index (χ3n) is 3.06. The Kier molecular flexibility index (Phi) is 4.97. The molecule has 19 heavy (non-hydrogen) atoms. The minimum atomic E-state index is -3.40. The van der Waals surface area contributed by atoms with Gasteiger partial charge in [0.05, 0.1) is 6.10 Å². The van der Waals surface area contributed by atoms with Gasteiger partial charge in [-0.1, -0.05) is 0 Å². The quantitative estimate of drug-likeness (QED) is 0.861. The second-order valence-electron chi connectivity index (χ2n) is 4.78. The van der Waals surface area contributed by atoms with Crippen molar-refractivity contribution in [2.75, 3.05) is 13.7 Å². The van der Waals surface area contributed by atoms with E-state index in [4.69, 9.17) is 4.74 Å². The van der Waals surface area contributed by atoms with Crippen molar-refractivity contribution in [1.82, 2.24) is 10.0 Å². The number of nitrogens with one attached hydrogen (secondary N) is 2. The van der Waals surface area contributed by atoms with Crippen LogP contribution in [-0.4, -0.2) is 34.2 Å². The van der Waals surface area contributed by atoms with Crippen LogP contribution in [0.2, 0.25) is 0 Å². The lowest BCUT2D eigenvalue weighted by molar-refractivity contribution is 0.0173. The van der Waals surface area contributed by atoms with Gasteiger partial charge in [-0.25, -0.2) is 13.1 Å². The Labute approximate surface area is 118 Å². The molecule has 1 saturated heterocycles. The topological polar surface area (TPSA) is 67.4 Å². The summed E-state index contributed by atoms with van der Waals surface area (Å²) in [6.07, 6.45) is 1.58. The molecule has 0 aliphatic carbocycles. The van der Waals surface area contributed by atoms with Gasteiger partial charge in [0.1, 0.15) is 4.21 Å². The van der Waals surface area contributed by atoms with E-state index in [9.17, 15) is 8.42 Å². The minimum absolute atomic E-state index is 0.0244. The number of thiophene rings is 1. The fourth-order valence-electron chi connectivity index (χ4n) is 2.15. The van der Waals surface area contributed by atoms with E-state index in [-0.39, 0.29) is 12.1 Å². The fraction of sp³-hybridized carbons (Fsp3) is 0.667. The molecule has 2 unspecified atom stereocenters. The molecule has 1 aromatic rings. The summed E-state index contributed by atoms with van der Waals surface area (Å²) in [6.45, 7) is 3.27. The molecule has 2 atom stereocenters. The second-order valence-corrected chi connectivity index (χ2v) is 7.88. The van der Waals surface area contributed by atoms with Gasteiger partial charge in [0.25, 0.3) is 0 Å². The predicted octanol–water partition coefficient (Wildman–Crippen LogP) is 1.31. The summed E-state index contributed by atoms with van der Waals surface area (Å²) in [5, 5.41) is 3.01. The molecule has 0 aromatic carbocycles. The number of hydrogen-bond acceptors (Lipinski definition) is 5. The lowest BCUT2D eigenvalue weighted by atomic mass is 10.1. The van der Waals surface area contributed by atoms with Gasteiger partial charge in [0.15, 0.2) is 0 Å². The molecule has 2 rings (SSSR count). The van der Waals surface area contributed by atoms with Crippen LogP contribution in [0.25, 0.3) is 0 Å². The maximum atomic E-state index is 12.3. The van der Waals surface area contributed by atoms with Crippen molar-refractivity contribution in [1.29, 1.82) is 0 Å². The first-order valence-corrected chi connectivity index (χ1v) is 8.68. The number of rotatable bonds is 5. The van der Waals surface area contributed by atoms with Gasteiger partial charge in [-0.15, -0.1) is 11.3 Å². The Balaban J connectivity index is 2.04. The molecule has 2 N–H and O–H groups in total. The SMILES string of the molecule is CNCc1ccc(S(=O)(=O)NC2CCOC(C)C2)s1. The summed E-state index contributed by atoms with van der Waals surface area (Å²) in [7, 11) is -1.55. The highest BCUT2D eigenvalue weighted by atomic mass is 32.2. The maximum absolute atomic E-state index is 12.3. The Bertz CT molecular complexity index is 513. The summed E-state index contributed by atoms with van der Waals surface area (Å²) >= 11 is 1.31. The van der Waals surface area contributed by atoms with Crippen LogP contribution in [0.5, 0.6) is 0 Å². The van der Waals surface area contributed by atoms with Crippen molar-refractivity contribution in [2.24, 2.45) is 0 Å². The maximum Gasteiger partial charge on any atom is 0.250 e. The van der Waals surface area contributed by atoms with Crippen LogP contribution in [0.4, 0.5) is 0 Å². The van der Waals surface area contributed by atoms with Gasteiger partial charge in [-0.2, -0.15) is 0 Å². The van der Waals surface area contributed by atoms with Gasteiger partial charge in [-0.05, 0) is 38.9 Å². The molecule has 0 spiro atoms. The van der Waals surface area contributed by atoms with Gasteiger partial charge in [0, 0.05) is 24.1 Å². The van der Waals surface area contributed by atoms with Gasteiger partial charge in [0.2, 0.25) is 10.0 Å². The summed E-state index contributed by atoms with van der Waals surface area (Å²) < 4.78 is 33.1. The smallest absolute Gasteiger partial charge is 0.250 e. The zero-order chi connectivity index (χ0) is 13.9. The van der Waals surface area contributed by atoms with Gasteiger partial charge < -0.3 is 10.1 Å². The molecular formula is C12H20N2O3S2. The van der Waals surface area contributed by atoms with Crippen molar-refractivity contribution in [3.05, 3.63) is 17.0 Å². The summed E-state index contributed by atoms with van der Waals surface area (Å²) in [6, 6.07) is 3.49. The zero-order valence-corrected chi connectivity index (χ0v) is 12.8. The molecule has 1 aliphatic heterocycles. The highest BCUT2D eigenvalue weighted by Gasteiger charge is 2.25. The first kappa shape index (κ1) is 14.9. The molecule has 108 valence electrons. The molecule has 1 aliphatic rings. The highest BCUT2D eigenvalue weighted by molar-refractivity contribution is 7.91. The van der Waals surface area contributed by atoms with E-state index in [2.05, 4.69) is 10.0 Å². The number of sulfonamides is 1. The van der Waals surface area contributed by atoms with Crippen LogP contribution < -0.4 is 10.0 Å². The number of hydrogen-bond donors (Lipinski definition) is 2. The summed E-state index contributed by atoms with van der Waals surface area (Å²) in [5.74, 6) is 0. The van der Waals surface area contributed by atoms with Crippen LogP contribution in [0.15, 0.2) is 16.3 Å². The van der Waals surface area contributed by atoms with Crippen molar-refractivity contribution >= 4 is 21.4 Å². The van der Waals surface area contributed by atoms with Crippen LogP contribution >= 0.6 is 11.3 Å². The van der Waals surface area contributed by atoms with E-state index in [1.165, 1.54) is 11.3 Å². The van der Waals surface area contributed by atoms with Crippen LogP contribution in [0.3, 0.4) is 0 Å². The molecule has 0 radical (unpaired) electrons. The monoisotopic (exact) mass is 304 g/mol. The van der Waals surface area contributed by atoms with E-state index in [0.29, 0.717) is 17.4 Å². The number of ether oxygens (including phenoxy) is 1. The average Bonchev–Trinajstić information content (AvgIpc) is 2.78. The van der Waals surface area contributed by atoms with Gasteiger partial charge in [-0.3, -0.25) is 0 Å². The van der Waals surface area contributed by atoms with Crippen LogP contribution in [-0.2, 0) is 21.3 Å². The Morgan fingerprint density at radius 2 is 2.26 bits per heavy atom. The summed E-state index contributed by atoms with van der Waals surface area (Å²) in [5.41, 5.74) is 0. The van der Waals surface area contributed by atoms with Crippen molar-refractivity contribution in [3.63, 3.8) is 0 Å². The summed E-state index contributed by atoms with van der Waals surface area (Å²) in [4.78, 5) is 1.02. The predicted molar refractivity (Wildman–Crippen MR) is 75.8 cm³/mol. The van der Waals surface area contributed by atoms with E-state index < -0.39 is 10.0 Å². The Morgan fingerprint density at radius 3 is 2.95 bits per heavy atom. The molecule has 1 aromatic heterocycles. The lowest BCUT2D eigenvalue weighted by Gasteiger charge is -2.27. The van der Waals surface area contributed by atoms with Crippen LogP contribution in [0, 0.1) is 0 Å². The first-order valence-electron chi connectivity index (χ1n) is 6.38. The molecule has 1 fully saturated rings. The first-order chi connectivity index (χ1) is 9.01. The average molecular weight is 304 g/mol. The van der Waals surface area contributed by atoms with Crippen LogP contribution in [0.1, 0.15) is 24.6 Å². The Hall–Kier alpha value is -0.470. The Morgan fingerprint density at radius 1 is 1.47 bits per heavy atom. The standard InChI is InChI=1S/C12H20N2O3S2/c1-9-7-10(5-6-17-9)14-19(15,16)12-4-3-11(18-12)8-13-2/h3-4,9-10,13-14H,5-8H2,1-2H3. The highest BCUT2D eigenvalue weighted by Crippen LogP contribution is 2.23. The molecule has 5 nitrogen and oxygen atoms in total. The normalized spacial score (nSPS) is 24.5. The second kappa shape index (κ2) is 6.32. The van der Waals surface area contributed by atoms with Crippen molar-refractivity contribution in [3.8, 4) is 0 Å². The molecular weight excluding hydrogens is 284 g/mol. The van der Waals surface area contributed by atoms with Crippen molar-refractivity contribution < 1.29 is 13.2 Å². The molecule has 0 saturated carbocycles. The zero-order valence-electron chi connectivity index (χ0n) is 11.2. The van der Waals surface area contributed by atoms with E-state index in [0.717, 1.165) is 17.7 Å². The third-order valence-corrected chi connectivity index (χ3v) is 6.16. The molecule has 0 bridgehead atoms. The lowest BCUT2D eigenvalue weighted by Crippen LogP contribution is -2.40. The largest absolute Gasteiger partial charge is 0.378 e. The fourth-order valence-corrected chi connectivity index (χ4v) is 4.82. The molecule has 0 amide bonds. The molecule has 2 heterocycles. The van der Waals surface area contributed by atoms with E-state index in [1.807, 2.05) is 20.0 Å².